The van der Waals surface area contributed by atoms with Crippen molar-refractivity contribution >= 4 is 23.8 Å². The smallest absolute Gasteiger partial charge is 0.290 e. The molecule has 0 fully saturated rings. The molecule has 8 nitrogen and oxygen atoms in total. The van der Waals surface area contributed by atoms with Crippen molar-refractivity contribution in [3.8, 4) is 0 Å². The number of rotatable bonds is 0. The fourth-order valence-electron chi connectivity index (χ4n) is 1.23. The van der Waals surface area contributed by atoms with Gasteiger partial charge in [0.25, 0.3) is 5.56 Å². The van der Waals surface area contributed by atoms with E-state index in [0.717, 1.165) is 9.58 Å². The van der Waals surface area contributed by atoms with Crippen LogP contribution in [0.15, 0.2) is 14.6 Å². The third kappa shape index (κ3) is 1.40. The minimum absolute atomic E-state index is 0.0691. The Bertz CT molecular complexity index is 597. The van der Waals surface area contributed by atoms with Gasteiger partial charge in [-0.25, -0.2) is 14.8 Å². The van der Waals surface area contributed by atoms with Gasteiger partial charge >= 0.3 is 5.69 Å². The number of fused-ring (bicyclic) bond motifs is 1. The number of hydrogen-bond acceptors (Lipinski definition) is 5. The van der Waals surface area contributed by atoms with Crippen molar-refractivity contribution < 1.29 is 4.79 Å². The van der Waals surface area contributed by atoms with Crippen LogP contribution in [0.3, 0.4) is 0 Å². The lowest BCUT2D eigenvalue weighted by atomic mass is 10.4. The van der Waals surface area contributed by atoms with E-state index in [-0.39, 0.29) is 17.4 Å². The van der Waals surface area contributed by atoms with Crippen LogP contribution in [0.4, 0.5) is 11.5 Å². The molecular weight excluding hydrogens is 214 g/mol. The lowest BCUT2D eigenvalue weighted by molar-refractivity contribution is -0.124. The lowest BCUT2D eigenvalue weighted by Crippen LogP contribution is -2.40. The van der Waals surface area contributed by atoms with Crippen LogP contribution in [0.5, 0.6) is 0 Å². The molecule has 1 aliphatic rings. The van der Waals surface area contributed by atoms with E-state index in [1.54, 1.807) is 0 Å². The SMILES string of the molecule is CC(=O)N1C=Nc2c([nH]c(=O)n(C)c2=O)N1. The Labute approximate surface area is 89.2 Å². The van der Waals surface area contributed by atoms with Crippen LogP contribution in [0.25, 0.3) is 0 Å². The number of aromatic amines is 1. The summed E-state index contributed by atoms with van der Waals surface area (Å²) < 4.78 is 0.904. The molecule has 1 amide bonds. The molecule has 0 bridgehead atoms. The van der Waals surface area contributed by atoms with Crippen LogP contribution >= 0.6 is 0 Å². The average Bonchev–Trinajstić information content (AvgIpc) is 2.25. The summed E-state index contributed by atoms with van der Waals surface area (Å²) in [5.41, 5.74) is 1.55. The standard InChI is InChI=1S/C8H9N5O3/c1-4(14)13-3-9-5-6(11-13)10-8(16)12(2)7(5)15/h3,11H,1-2H3,(H,10,16). The predicted octanol–water partition coefficient (Wildman–Crippen LogP) is -1.08. The first-order valence-corrected chi connectivity index (χ1v) is 4.44. The van der Waals surface area contributed by atoms with Gasteiger partial charge in [-0.15, -0.1) is 0 Å². The van der Waals surface area contributed by atoms with Crippen molar-refractivity contribution in [3.05, 3.63) is 20.8 Å². The number of amides is 1. The zero-order valence-electron chi connectivity index (χ0n) is 8.64. The van der Waals surface area contributed by atoms with Crippen molar-refractivity contribution in [2.75, 3.05) is 5.43 Å². The lowest BCUT2D eigenvalue weighted by Gasteiger charge is -2.22. The van der Waals surface area contributed by atoms with Crippen LogP contribution in [0.2, 0.25) is 0 Å². The van der Waals surface area contributed by atoms with E-state index in [1.807, 2.05) is 0 Å². The van der Waals surface area contributed by atoms with Crippen molar-refractivity contribution in [2.45, 2.75) is 6.92 Å². The van der Waals surface area contributed by atoms with Crippen molar-refractivity contribution in [3.63, 3.8) is 0 Å². The minimum Gasteiger partial charge on any atom is -0.290 e. The van der Waals surface area contributed by atoms with Gasteiger partial charge < -0.3 is 0 Å². The number of aromatic nitrogens is 2. The van der Waals surface area contributed by atoms with Gasteiger partial charge in [0.2, 0.25) is 5.91 Å². The van der Waals surface area contributed by atoms with E-state index in [4.69, 9.17) is 0 Å². The molecule has 8 heteroatoms. The van der Waals surface area contributed by atoms with Gasteiger partial charge in [-0.3, -0.25) is 24.6 Å². The molecule has 0 aromatic carbocycles. The molecule has 84 valence electrons. The van der Waals surface area contributed by atoms with Gasteiger partial charge in [0.1, 0.15) is 6.34 Å². The third-order valence-corrected chi connectivity index (χ3v) is 2.15. The molecule has 0 radical (unpaired) electrons. The molecule has 2 rings (SSSR count). The normalized spacial score (nSPS) is 13.2. The summed E-state index contributed by atoms with van der Waals surface area (Å²) in [4.78, 5) is 40.2. The molecule has 1 aromatic rings. The average molecular weight is 223 g/mol. The number of hydrogen-bond donors (Lipinski definition) is 2. The monoisotopic (exact) mass is 223 g/mol. The van der Waals surface area contributed by atoms with E-state index >= 15 is 0 Å². The largest absolute Gasteiger partial charge is 0.329 e. The second-order valence-electron chi connectivity index (χ2n) is 3.26. The molecule has 1 aliphatic heterocycles. The van der Waals surface area contributed by atoms with E-state index in [1.165, 1.54) is 20.3 Å². The van der Waals surface area contributed by atoms with Crippen molar-refractivity contribution in [1.82, 2.24) is 14.6 Å². The number of nitrogens with zero attached hydrogens (tertiary/aromatic N) is 3. The Morgan fingerprint density at radius 3 is 2.75 bits per heavy atom. The number of nitrogens with one attached hydrogen (secondary N) is 2. The molecule has 0 unspecified atom stereocenters. The maximum absolute atomic E-state index is 11.6. The van der Waals surface area contributed by atoms with Gasteiger partial charge in [-0.1, -0.05) is 0 Å². The van der Waals surface area contributed by atoms with Crippen LogP contribution in [-0.4, -0.2) is 26.8 Å². The zero-order valence-corrected chi connectivity index (χ0v) is 8.64. The zero-order chi connectivity index (χ0) is 11.9. The maximum Gasteiger partial charge on any atom is 0.329 e. The van der Waals surface area contributed by atoms with E-state index < -0.39 is 11.2 Å². The molecule has 0 atom stereocenters. The van der Waals surface area contributed by atoms with Crippen LogP contribution in [0, 0.1) is 0 Å². The van der Waals surface area contributed by atoms with Gasteiger partial charge in [-0.05, 0) is 0 Å². The van der Waals surface area contributed by atoms with Crippen molar-refractivity contribution in [1.29, 1.82) is 0 Å². The van der Waals surface area contributed by atoms with Gasteiger partial charge in [0, 0.05) is 14.0 Å². The summed E-state index contributed by atoms with van der Waals surface area (Å²) in [5.74, 6) is -0.193. The van der Waals surface area contributed by atoms with Crippen LogP contribution in [-0.2, 0) is 11.8 Å². The van der Waals surface area contributed by atoms with Crippen molar-refractivity contribution in [2.24, 2.45) is 12.0 Å². The molecule has 0 spiro atoms. The van der Waals surface area contributed by atoms with E-state index in [0.29, 0.717) is 0 Å². The summed E-state index contributed by atoms with van der Waals surface area (Å²) in [6.07, 6.45) is 1.18. The molecule has 0 aliphatic carbocycles. The predicted molar refractivity (Wildman–Crippen MR) is 56.6 cm³/mol. The maximum atomic E-state index is 11.6. The van der Waals surface area contributed by atoms with E-state index in [9.17, 15) is 14.4 Å². The highest BCUT2D eigenvalue weighted by Gasteiger charge is 2.18. The fourth-order valence-corrected chi connectivity index (χ4v) is 1.23. The Morgan fingerprint density at radius 2 is 2.12 bits per heavy atom. The molecular formula is C8H9N5O3. The first kappa shape index (κ1) is 10.1. The molecule has 0 saturated heterocycles. The first-order chi connectivity index (χ1) is 7.50. The number of hydrazine groups is 1. The highest BCUT2D eigenvalue weighted by molar-refractivity contribution is 5.91. The number of H-pyrrole nitrogens is 1. The molecule has 2 N–H and O–H groups in total. The molecule has 1 aromatic heterocycles. The number of carbonyl (C=O) groups is 1. The Balaban J connectivity index is 2.61. The summed E-state index contributed by atoms with van der Waals surface area (Å²) in [7, 11) is 1.34. The summed E-state index contributed by atoms with van der Waals surface area (Å²) in [6, 6.07) is 0. The molecule has 0 saturated carbocycles. The van der Waals surface area contributed by atoms with Gasteiger partial charge in [-0.2, -0.15) is 0 Å². The Hall–Kier alpha value is -2.38. The van der Waals surface area contributed by atoms with Gasteiger partial charge in [0.05, 0.1) is 0 Å². The Kier molecular flexibility index (Phi) is 2.11. The summed E-state index contributed by atoms with van der Waals surface area (Å²) in [5, 5.41) is 1.07. The van der Waals surface area contributed by atoms with Crippen LogP contribution < -0.4 is 16.7 Å². The number of anilines is 1. The topological polar surface area (TPSA) is 99.6 Å². The fraction of sp³-hybridized carbons (Fsp3) is 0.250. The Morgan fingerprint density at radius 1 is 1.44 bits per heavy atom. The molecule has 16 heavy (non-hydrogen) atoms. The van der Waals surface area contributed by atoms with E-state index in [2.05, 4.69) is 15.4 Å². The highest BCUT2D eigenvalue weighted by Crippen LogP contribution is 2.18. The molecule has 2 heterocycles. The first-order valence-electron chi connectivity index (χ1n) is 4.44. The third-order valence-electron chi connectivity index (χ3n) is 2.15. The number of carbonyl (C=O) groups excluding carboxylic acids is 1. The minimum atomic E-state index is -0.572. The second kappa shape index (κ2) is 3.33. The highest BCUT2D eigenvalue weighted by atomic mass is 16.2. The summed E-state index contributed by atoms with van der Waals surface area (Å²) in [6.45, 7) is 1.32. The second-order valence-corrected chi connectivity index (χ2v) is 3.26. The van der Waals surface area contributed by atoms with Crippen LogP contribution in [0.1, 0.15) is 6.92 Å². The summed E-state index contributed by atoms with van der Waals surface area (Å²) >= 11 is 0. The van der Waals surface area contributed by atoms with Gasteiger partial charge in [0.15, 0.2) is 11.5 Å². The quantitative estimate of drug-likeness (QED) is 0.584. The number of aliphatic imine (C=N–C) groups is 1.